The summed E-state index contributed by atoms with van der Waals surface area (Å²) in [7, 11) is 1.58. The van der Waals surface area contributed by atoms with Crippen LogP contribution < -0.4 is 10.1 Å². The summed E-state index contributed by atoms with van der Waals surface area (Å²) in [5.74, 6) is 0.572. The number of methoxy groups -OCH3 is 1. The number of carbonyl (C=O) groups is 1. The maximum absolute atomic E-state index is 12.2. The van der Waals surface area contributed by atoms with E-state index in [1.165, 1.54) is 0 Å². The molecule has 8 nitrogen and oxygen atoms in total. The summed E-state index contributed by atoms with van der Waals surface area (Å²) >= 11 is 0. The first-order valence-electron chi connectivity index (χ1n) is 7.44. The zero-order chi connectivity index (χ0) is 17.1. The van der Waals surface area contributed by atoms with Crippen molar-refractivity contribution in [2.75, 3.05) is 12.4 Å². The fourth-order valence-electron chi connectivity index (χ4n) is 2.25. The summed E-state index contributed by atoms with van der Waals surface area (Å²) in [6.07, 6.45) is 0. The molecule has 0 fully saturated rings. The Kier molecular flexibility index (Phi) is 4.28. The van der Waals surface area contributed by atoms with Gasteiger partial charge in [0.05, 0.1) is 7.11 Å². The Balaban J connectivity index is 1.76. The summed E-state index contributed by atoms with van der Waals surface area (Å²) in [5.41, 5.74) is 1.91. The molecular weight excluding hydrogens is 310 g/mol. The van der Waals surface area contributed by atoms with Crippen molar-refractivity contribution >= 4 is 11.9 Å². The Hall–Kier alpha value is -3.16. The molecule has 0 aliphatic carbocycles. The van der Waals surface area contributed by atoms with Crippen molar-refractivity contribution < 1.29 is 13.9 Å². The van der Waals surface area contributed by atoms with E-state index in [-0.39, 0.29) is 6.01 Å². The molecule has 8 heteroatoms. The lowest BCUT2D eigenvalue weighted by atomic mass is 10.2. The van der Waals surface area contributed by atoms with Crippen molar-refractivity contribution in [2.45, 2.75) is 20.4 Å². The van der Waals surface area contributed by atoms with Crippen molar-refractivity contribution in [2.24, 2.45) is 0 Å². The Morgan fingerprint density at radius 3 is 2.88 bits per heavy atom. The van der Waals surface area contributed by atoms with E-state index >= 15 is 0 Å². The third kappa shape index (κ3) is 3.12. The van der Waals surface area contributed by atoms with Crippen LogP contribution in [0.2, 0.25) is 0 Å². The van der Waals surface area contributed by atoms with Gasteiger partial charge in [0.2, 0.25) is 5.89 Å². The zero-order valence-corrected chi connectivity index (χ0v) is 13.6. The van der Waals surface area contributed by atoms with Crippen molar-refractivity contribution in [1.82, 2.24) is 20.0 Å². The first-order valence-corrected chi connectivity index (χ1v) is 7.44. The van der Waals surface area contributed by atoms with E-state index < -0.39 is 5.91 Å². The number of hydrogen-bond acceptors (Lipinski definition) is 6. The van der Waals surface area contributed by atoms with Gasteiger partial charge in [-0.2, -0.15) is 5.10 Å². The zero-order valence-electron chi connectivity index (χ0n) is 13.6. The number of anilines is 1. The predicted octanol–water partition coefficient (Wildman–Crippen LogP) is 2.52. The quantitative estimate of drug-likeness (QED) is 0.773. The second kappa shape index (κ2) is 6.53. The molecular formula is C16H17N5O3. The molecule has 0 bridgehead atoms. The minimum atomic E-state index is -0.397. The number of carbonyl (C=O) groups excluding carboxylic acids is 1. The number of aromatic nitrogens is 4. The van der Waals surface area contributed by atoms with Gasteiger partial charge in [-0.3, -0.25) is 14.8 Å². The van der Waals surface area contributed by atoms with Crippen LogP contribution in [-0.2, 0) is 6.54 Å². The molecule has 0 saturated carbocycles. The van der Waals surface area contributed by atoms with E-state index in [0.29, 0.717) is 29.4 Å². The minimum Gasteiger partial charge on any atom is -0.497 e. The maximum Gasteiger partial charge on any atom is 0.322 e. The first-order chi connectivity index (χ1) is 11.6. The molecule has 2 aromatic heterocycles. The van der Waals surface area contributed by atoms with E-state index in [1.807, 2.05) is 32.0 Å². The molecule has 3 aromatic rings. The predicted molar refractivity (Wildman–Crippen MR) is 86.9 cm³/mol. The van der Waals surface area contributed by atoms with Crippen LogP contribution in [-0.4, -0.2) is 33.0 Å². The highest BCUT2D eigenvalue weighted by molar-refractivity contribution is 6.01. The summed E-state index contributed by atoms with van der Waals surface area (Å²) < 4.78 is 12.4. The van der Waals surface area contributed by atoms with Gasteiger partial charge in [-0.25, -0.2) is 0 Å². The molecule has 0 radical (unpaired) electrons. The summed E-state index contributed by atoms with van der Waals surface area (Å²) in [6.45, 7) is 4.54. The SMILES string of the molecule is CCn1nc(C(=O)Nc2nnc(-c3cccc(OC)c3)o2)cc1C. The second-order valence-corrected chi connectivity index (χ2v) is 5.09. The van der Waals surface area contributed by atoms with Crippen LogP contribution >= 0.6 is 0 Å². The van der Waals surface area contributed by atoms with E-state index in [2.05, 4.69) is 20.6 Å². The van der Waals surface area contributed by atoms with E-state index in [0.717, 1.165) is 5.69 Å². The third-order valence-corrected chi connectivity index (χ3v) is 3.48. The second-order valence-electron chi connectivity index (χ2n) is 5.09. The van der Waals surface area contributed by atoms with Crippen LogP contribution in [0.25, 0.3) is 11.5 Å². The van der Waals surface area contributed by atoms with E-state index in [1.54, 1.807) is 23.9 Å². The number of amides is 1. The molecule has 124 valence electrons. The lowest BCUT2D eigenvalue weighted by molar-refractivity contribution is 0.101. The molecule has 0 saturated heterocycles. The number of benzene rings is 1. The van der Waals surface area contributed by atoms with Gasteiger partial charge in [0, 0.05) is 17.8 Å². The monoisotopic (exact) mass is 327 g/mol. The smallest absolute Gasteiger partial charge is 0.322 e. The number of aryl methyl sites for hydroxylation is 2. The molecule has 0 aliphatic rings. The molecule has 24 heavy (non-hydrogen) atoms. The van der Waals surface area contributed by atoms with E-state index in [9.17, 15) is 4.79 Å². The molecule has 0 aliphatic heterocycles. The Morgan fingerprint density at radius 1 is 1.33 bits per heavy atom. The normalized spacial score (nSPS) is 10.6. The van der Waals surface area contributed by atoms with Gasteiger partial charge in [-0.1, -0.05) is 11.2 Å². The lowest BCUT2D eigenvalue weighted by Gasteiger charge is -2.00. The lowest BCUT2D eigenvalue weighted by Crippen LogP contribution is -2.13. The average Bonchev–Trinajstić information content (AvgIpc) is 3.21. The van der Waals surface area contributed by atoms with Crippen LogP contribution in [0.15, 0.2) is 34.7 Å². The van der Waals surface area contributed by atoms with E-state index in [4.69, 9.17) is 9.15 Å². The molecule has 3 rings (SSSR count). The maximum atomic E-state index is 12.2. The van der Waals surface area contributed by atoms with Crippen molar-refractivity contribution in [3.05, 3.63) is 41.7 Å². The van der Waals surface area contributed by atoms with Gasteiger partial charge in [0.1, 0.15) is 5.75 Å². The highest BCUT2D eigenvalue weighted by atomic mass is 16.5. The van der Waals surface area contributed by atoms with Gasteiger partial charge in [0.15, 0.2) is 5.69 Å². The van der Waals surface area contributed by atoms with Gasteiger partial charge < -0.3 is 9.15 Å². The van der Waals surface area contributed by atoms with Crippen LogP contribution in [0.4, 0.5) is 6.01 Å². The number of rotatable bonds is 5. The van der Waals surface area contributed by atoms with Gasteiger partial charge in [-0.05, 0) is 38.1 Å². The fraction of sp³-hybridized carbons (Fsp3) is 0.250. The summed E-state index contributed by atoms with van der Waals surface area (Å²) in [4.78, 5) is 12.2. The topological polar surface area (TPSA) is 95.1 Å². The van der Waals surface area contributed by atoms with Gasteiger partial charge in [0.25, 0.3) is 5.91 Å². The van der Waals surface area contributed by atoms with Crippen LogP contribution in [0.1, 0.15) is 23.1 Å². The minimum absolute atomic E-state index is 0.0153. The summed E-state index contributed by atoms with van der Waals surface area (Å²) in [6, 6.07) is 8.94. The molecule has 1 aromatic carbocycles. The Bertz CT molecular complexity index is 868. The van der Waals surface area contributed by atoms with Gasteiger partial charge in [-0.15, -0.1) is 5.10 Å². The molecule has 2 heterocycles. The molecule has 0 spiro atoms. The number of hydrogen-bond donors (Lipinski definition) is 1. The summed E-state index contributed by atoms with van der Waals surface area (Å²) in [5, 5.41) is 14.5. The third-order valence-electron chi connectivity index (χ3n) is 3.48. The molecule has 0 atom stereocenters. The van der Waals surface area contributed by atoms with Crippen molar-refractivity contribution in [3.63, 3.8) is 0 Å². The van der Waals surface area contributed by atoms with Crippen LogP contribution in [0, 0.1) is 6.92 Å². The van der Waals surface area contributed by atoms with Gasteiger partial charge >= 0.3 is 6.01 Å². The molecule has 1 amide bonds. The number of ether oxygens (including phenoxy) is 1. The average molecular weight is 327 g/mol. The van der Waals surface area contributed by atoms with Crippen LogP contribution in [0.3, 0.4) is 0 Å². The van der Waals surface area contributed by atoms with Crippen molar-refractivity contribution in [1.29, 1.82) is 0 Å². The number of nitrogens with zero attached hydrogens (tertiary/aromatic N) is 4. The fourth-order valence-corrected chi connectivity index (χ4v) is 2.25. The first kappa shape index (κ1) is 15.7. The standard InChI is InChI=1S/C16H17N5O3/c1-4-21-10(2)8-13(20-21)14(22)17-16-19-18-15(24-16)11-6-5-7-12(9-11)23-3/h5-9H,4H2,1-3H3,(H,17,19,22). The largest absolute Gasteiger partial charge is 0.497 e. The highest BCUT2D eigenvalue weighted by Crippen LogP contribution is 2.23. The Labute approximate surface area is 138 Å². The molecule has 0 unspecified atom stereocenters. The van der Waals surface area contributed by atoms with Crippen molar-refractivity contribution in [3.8, 4) is 17.2 Å². The van der Waals surface area contributed by atoms with Crippen LogP contribution in [0.5, 0.6) is 5.75 Å². The molecule has 1 N–H and O–H groups in total. The highest BCUT2D eigenvalue weighted by Gasteiger charge is 2.16. The Morgan fingerprint density at radius 2 is 2.17 bits per heavy atom. The number of nitrogens with one attached hydrogen (secondary N) is 1.